The first-order valence-electron chi connectivity index (χ1n) is 8.84. The Morgan fingerprint density at radius 1 is 1.11 bits per heavy atom. The monoisotopic (exact) mass is 389 g/mol. The first-order valence-corrected chi connectivity index (χ1v) is 9.22. The molecule has 0 saturated carbocycles. The van der Waals surface area contributed by atoms with E-state index in [-0.39, 0.29) is 17.5 Å². The quantitative estimate of drug-likeness (QED) is 0.824. The van der Waals surface area contributed by atoms with E-state index in [2.05, 4.69) is 10.6 Å². The van der Waals surface area contributed by atoms with Crippen molar-refractivity contribution in [2.45, 2.75) is 18.9 Å². The first-order chi connectivity index (χ1) is 13.0. The Labute approximate surface area is 162 Å². The molecule has 7 heteroatoms. The number of halogens is 2. The lowest BCUT2D eigenvalue weighted by molar-refractivity contribution is -0.117. The summed E-state index contributed by atoms with van der Waals surface area (Å²) in [5, 5.41) is 6.03. The van der Waals surface area contributed by atoms with Gasteiger partial charge in [-0.05, 0) is 43.2 Å². The molecular weight excluding hydrogens is 369 g/mol. The van der Waals surface area contributed by atoms with Crippen molar-refractivity contribution in [3.05, 3.63) is 64.9 Å². The summed E-state index contributed by atoms with van der Waals surface area (Å²) in [5.74, 6) is -1.12. The fraction of sp³-hybridized carbons (Fsp3) is 0.300. The van der Waals surface area contributed by atoms with Crippen LogP contribution in [0.5, 0.6) is 0 Å². The molecule has 27 heavy (non-hydrogen) atoms. The fourth-order valence-corrected chi connectivity index (χ4v) is 3.27. The highest BCUT2D eigenvalue weighted by molar-refractivity contribution is 6.31. The van der Waals surface area contributed by atoms with Gasteiger partial charge in [-0.15, -0.1) is 0 Å². The maximum Gasteiger partial charge on any atom is 0.254 e. The molecule has 1 saturated heterocycles. The molecule has 2 N–H and O–H groups in total. The Kier molecular flexibility index (Phi) is 6.42. The van der Waals surface area contributed by atoms with Gasteiger partial charge in [-0.2, -0.15) is 0 Å². The largest absolute Gasteiger partial charge is 0.349 e. The number of carbonyl (C=O) groups is 2. The Morgan fingerprint density at radius 3 is 2.52 bits per heavy atom. The SMILES string of the molecule is O=C(CN1CCC(NC(=O)c2cc(Cl)ccc2F)CC1)Nc1ccccc1. The number of piperidine rings is 1. The maximum absolute atomic E-state index is 13.8. The van der Waals surface area contributed by atoms with Gasteiger partial charge < -0.3 is 10.6 Å². The molecule has 0 aromatic heterocycles. The van der Waals surface area contributed by atoms with Crippen LogP contribution in [0, 0.1) is 5.82 Å². The van der Waals surface area contributed by atoms with Crippen LogP contribution in [-0.4, -0.2) is 42.4 Å². The van der Waals surface area contributed by atoms with Crippen LogP contribution in [0.15, 0.2) is 48.5 Å². The summed E-state index contributed by atoms with van der Waals surface area (Å²) in [6.45, 7) is 1.68. The average Bonchev–Trinajstić information content (AvgIpc) is 2.66. The molecule has 2 amide bonds. The second-order valence-corrected chi connectivity index (χ2v) is 7.00. The first kappa shape index (κ1) is 19.3. The highest BCUT2D eigenvalue weighted by atomic mass is 35.5. The third-order valence-electron chi connectivity index (χ3n) is 4.52. The highest BCUT2D eigenvalue weighted by Crippen LogP contribution is 2.16. The van der Waals surface area contributed by atoms with Crippen LogP contribution in [-0.2, 0) is 4.79 Å². The second kappa shape index (κ2) is 8.97. The number of para-hydroxylation sites is 1. The van der Waals surface area contributed by atoms with Crippen molar-refractivity contribution < 1.29 is 14.0 Å². The summed E-state index contributed by atoms with van der Waals surface area (Å²) in [4.78, 5) is 26.4. The van der Waals surface area contributed by atoms with Crippen LogP contribution in [0.2, 0.25) is 5.02 Å². The van der Waals surface area contributed by atoms with Crippen LogP contribution in [0.3, 0.4) is 0 Å². The van der Waals surface area contributed by atoms with E-state index in [1.807, 2.05) is 35.2 Å². The van der Waals surface area contributed by atoms with Crippen molar-refractivity contribution in [2.75, 3.05) is 25.0 Å². The van der Waals surface area contributed by atoms with Gasteiger partial charge in [0.05, 0.1) is 12.1 Å². The molecular formula is C20H21ClFN3O2. The molecule has 0 aliphatic carbocycles. The second-order valence-electron chi connectivity index (χ2n) is 6.56. The highest BCUT2D eigenvalue weighted by Gasteiger charge is 2.23. The zero-order chi connectivity index (χ0) is 19.2. The number of carbonyl (C=O) groups excluding carboxylic acids is 2. The lowest BCUT2D eigenvalue weighted by atomic mass is 10.0. The molecule has 1 aliphatic rings. The predicted molar refractivity (Wildman–Crippen MR) is 103 cm³/mol. The number of hydrogen-bond acceptors (Lipinski definition) is 3. The molecule has 3 rings (SSSR count). The van der Waals surface area contributed by atoms with Gasteiger partial charge in [-0.25, -0.2) is 4.39 Å². The van der Waals surface area contributed by atoms with E-state index in [1.165, 1.54) is 18.2 Å². The summed E-state index contributed by atoms with van der Waals surface area (Å²) in [5.41, 5.74) is 0.723. The third kappa shape index (κ3) is 5.52. The van der Waals surface area contributed by atoms with Crippen LogP contribution < -0.4 is 10.6 Å². The third-order valence-corrected chi connectivity index (χ3v) is 4.76. The Morgan fingerprint density at radius 2 is 1.81 bits per heavy atom. The number of benzene rings is 2. The minimum atomic E-state index is -0.591. The number of anilines is 1. The van der Waals surface area contributed by atoms with Gasteiger partial charge in [0.1, 0.15) is 5.82 Å². The molecule has 0 spiro atoms. The van der Waals surface area contributed by atoms with Crippen LogP contribution in [0.4, 0.5) is 10.1 Å². The lowest BCUT2D eigenvalue weighted by Crippen LogP contribution is -2.46. The van der Waals surface area contributed by atoms with E-state index in [4.69, 9.17) is 11.6 Å². The summed E-state index contributed by atoms with van der Waals surface area (Å²) in [6, 6.07) is 13.2. The number of nitrogens with zero attached hydrogens (tertiary/aromatic N) is 1. The van der Waals surface area contributed by atoms with Crippen LogP contribution in [0.25, 0.3) is 0 Å². The van der Waals surface area contributed by atoms with Crippen molar-refractivity contribution in [1.82, 2.24) is 10.2 Å². The number of rotatable bonds is 5. The fourth-order valence-electron chi connectivity index (χ4n) is 3.10. The molecule has 1 heterocycles. The van der Waals surface area contributed by atoms with E-state index in [0.717, 1.165) is 5.69 Å². The Balaban J connectivity index is 1.45. The van der Waals surface area contributed by atoms with Gasteiger partial charge in [0.2, 0.25) is 5.91 Å². The van der Waals surface area contributed by atoms with Gasteiger partial charge in [0.25, 0.3) is 5.91 Å². The van der Waals surface area contributed by atoms with E-state index in [9.17, 15) is 14.0 Å². The van der Waals surface area contributed by atoms with Crippen molar-refractivity contribution >= 4 is 29.1 Å². The molecule has 2 aromatic rings. The smallest absolute Gasteiger partial charge is 0.254 e. The zero-order valence-electron chi connectivity index (χ0n) is 14.8. The van der Waals surface area contributed by atoms with E-state index >= 15 is 0 Å². The number of amides is 2. The minimum absolute atomic E-state index is 0.0489. The van der Waals surface area contributed by atoms with Crippen molar-refractivity contribution in [3.63, 3.8) is 0 Å². The molecule has 142 valence electrons. The van der Waals surface area contributed by atoms with Crippen molar-refractivity contribution in [2.24, 2.45) is 0 Å². The van der Waals surface area contributed by atoms with Crippen LogP contribution in [0.1, 0.15) is 23.2 Å². The van der Waals surface area contributed by atoms with Gasteiger partial charge in [-0.3, -0.25) is 14.5 Å². The molecule has 1 fully saturated rings. The number of likely N-dealkylation sites (tertiary alicyclic amines) is 1. The molecule has 0 radical (unpaired) electrons. The number of nitrogens with one attached hydrogen (secondary N) is 2. The van der Waals surface area contributed by atoms with Gasteiger partial charge in [0, 0.05) is 29.8 Å². The molecule has 0 bridgehead atoms. The summed E-state index contributed by atoms with van der Waals surface area (Å²) in [6.07, 6.45) is 1.40. The van der Waals surface area contributed by atoms with Gasteiger partial charge in [0.15, 0.2) is 0 Å². The minimum Gasteiger partial charge on any atom is -0.349 e. The van der Waals surface area contributed by atoms with E-state index < -0.39 is 11.7 Å². The summed E-state index contributed by atoms with van der Waals surface area (Å²) < 4.78 is 13.8. The lowest BCUT2D eigenvalue weighted by Gasteiger charge is -2.31. The predicted octanol–water partition coefficient (Wildman–Crippen LogP) is 3.31. The topological polar surface area (TPSA) is 61.4 Å². The Bertz CT molecular complexity index is 808. The van der Waals surface area contributed by atoms with E-state index in [1.54, 1.807) is 0 Å². The molecule has 0 atom stereocenters. The van der Waals surface area contributed by atoms with Gasteiger partial charge in [-0.1, -0.05) is 29.8 Å². The van der Waals surface area contributed by atoms with Crippen molar-refractivity contribution in [1.29, 1.82) is 0 Å². The average molecular weight is 390 g/mol. The Hall–Kier alpha value is -2.44. The van der Waals surface area contributed by atoms with Gasteiger partial charge >= 0.3 is 0 Å². The van der Waals surface area contributed by atoms with E-state index in [0.29, 0.717) is 37.5 Å². The van der Waals surface area contributed by atoms with Crippen molar-refractivity contribution in [3.8, 4) is 0 Å². The maximum atomic E-state index is 13.8. The summed E-state index contributed by atoms with van der Waals surface area (Å²) in [7, 11) is 0. The molecule has 0 unspecified atom stereocenters. The standard InChI is InChI=1S/C20H21ClFN3O2/c21-14-6-7-18(22)17(12-14)20(27)24-16-8-10-25(11-9-16)13-19(26)23-15-4-2-1-3-5-15/h1-7,12,16H,8-11,13H2,(H,23,26)(H,24,27). The zero-order valence-corrected chi connectivity index (χ0v) is 15.5. The summed E-state index contributed by atoms with van der Waals surface area (Å²) >= 11 is 5.84. The molecule has 1 aliphatic heterocycles. The molecule has 5 nitrogen and oxygen atoms in total. The normalized spacial score (nSPS) is 15.3. The molecule has 2 aromatic carbocycles. The number of hydrogen-bond donors (Lipinski definition) is 2. The van der Waals surface area contributed by atoms with Crippen LogP contribution >= 0.6 is 11.6 Å².